The SMILES string of the molecule is CCN(c1ccccc1)c1nc(F)nc(Nc2ccc3c(O)c(N=Nc4ccc(OC)cc4S(=O)(=O)O)c(S(=O)(=O)O)cc3c2)n1. The molecule has 0 saturated carbocycles. The van der Waals surface area contributed by atoms with Crippen LogP contribution in [0.4, 0.5) is 39.0 Å². The maximum atomic E-state index is 14.5. The van der Waals surface area contributed by atoms with Gasteiger partial charge in [-0.3, -0.25) is 9.11 Å². The molecule has 4 aromatic carbocycles. The molecular formula is C28H24FN7O8S2. The number of fused-ring (bicyclic) bond motifs is 1. The monoisotopic (exact) mass is 669 g/mol. The second-order valence-corrected chi connectivity index (χ2v) is 12.2. The number of hydrogen-bond donors (Lipinski definition) is 4. The number of aromatic hydroxyl groups is 1. The fourth-order valence-electron chi connectivity index (χ4n) is 4.43. The van der Waals surface area contributed by atoms with E-state index in [0.29, 0.717) is 6.54 Å². The zero-order valence-corrected chi connectivity index (χ0v) is 25.5. The van der Waals surface area contributed by atoms with E-state index in [1.165, 1.54) is 31.4 Å². The van der Waals surface area contributed by atoms with Crippen LogP contribution in [-0.2, 0) is 20.2 Å². The highest BCUT2D eigenvalue weighted by atomic mass is 32.2. The number of anilines is 4. The minimum absolute atomic E-state index is 0.0276. The fraction of sp³-hybridized carbons (Fsp3) is 0.107. The molecule has 1 aromatic heterocycles. The van der Waals surface area contributed by atoms with Crippen molar-refractivity contribution in [2.75, 3.05) is 23.9 Å². The summed E-state index contributed by atoms with van der Waals surface area (Å²) in [5.41, 5.74) is -0.161. The summed E-state index contributed by atoms with van der Waals surface area (Å²) in [6.45, 7) is 2.25. The average molecular weight is 670 g/mol. The molecule has 5 aromatic rings. The summed E-state index contributed by atoms with van der Waals surface area (Å²) >= 11 is 0. The lowest BCUT2D eigenvalue weighted by atomic mass is 10.1. The number of aromatic nitrogens is 3. The molecule has 0 saturated heterocycles. The molecule has 0 amide bonds. The van der Waals surface area contributed by atoms with Gasteiger partial charge in [0.1, 0.15) is 26.9 Å². The first kappa shape index (κ1) is 32.1. The zero-order chi connectivity index (χ0) is 33.2. The molecule has 0 bridgehead atoms. The van der Waals surface area contributed by atoms with Gasteiger partial charge >= 0.3 is 6.08 Å². The van der Waals surface area contributed by atoms with Crippen molar-refractivity contribution < 1.29 is 40.2 Å². The summed E-state index contributed by atoms with van der Waals surface area (Å²) in [7, 11) is -8.59. The lowest BCUT2D eigenvalue weighted by molar-refractivity contribution is 0.412. The first-order valence-corrected chi connectivity index (χ1v) is 16.0. The molecule has 0 spiro atoms. The molecule has 18 heteroatoms. The van der Waals surface area contributed by atoms with Gasteiger partial charge in [0.05, 0.1) is 7.11 Å². The van der Waals surface area contributed by atoms with Crippen LogP contribution in [0.3, 0.4) is 0 Å². The van der Waals surface area contributed by atoms with Gasteiger partial charge in [0.25, 0.3) is 20.2 Å². The van der Waals surface area contributed by atoms with E-state index >= 15 is 0 Å². The Bertz CT molecular complexity index is 2200. The number of ether oxygens (including phenoxy) is 1. The minimum Gasteiger partial charge on any atom is -0.505 e. The molecule has 1 heterocycles. The van der Waals surface area contributed by atoms with Crippen molar-refractivity contribution in [3.05, 3.63) is 78.9 Å². The van der Waals surface area contributed by atoms with Gasteiger partial charge in [0.15, 0.2) is 5.75 Å². The minimum atomic E-state index is -5.03. The molecule has 5 rings (SSSR count). The molecule has 0 aliphatic carbocycles. The molecule has 0 atom stereocenters. The van der Waals surface area contributed by atoms with Crippen LogP contribution >= 0.6 is 0 Å². The second kappa shape index (κ2) is 12.6. The van der Waals surface area contributed by atoms with Gasteiger partial charge in [-0.1, -0.05) is 18.2 Å². The molecule has 0 fully saturated rings. The Labute approximate surface area is 261 Å². The topological polar surface area (TPSA) is 217 Å². The van der Waals surface area contributed by atoms with Gasteiger partial charge in [-0.05, 0) is 60.8 Å². The molecule has 0 aliphatic rings. The molecule has 0 unspecified atom stereocenters. The molecule has 4 N–H and O–H groups in total. The van der Waals surface area contributed by atoms with Crippen LogP contribution < -0.4 is 15.0 Å². The Kier molecular flexibility index (Phi) is 8.79. The van der Waals surface area contributed by atoms with Gasteiger partial charge in [0.2, 0.25) is 11.9 Å². The highest BCUT2D eigenvalue weighted by Gasteiger charge is 2.23. The Hall–Kier alpha value is -5.30. The van der Waals surface area contributed by atoms with Crippen LogP contribution in [0.2, 0.25) is 0 Å². The van der Waals surface area contributed by atoms with E-state index in [0.717, 1.165) is 23.9 Å². The normalized spacial score (nSPS) is 12.0. The molecular weight excluding hydrogens is 645 g/mol. The van der Waals surface area contributed by atoms with Gasteiger partial charge in [-0.15, -0.1) is 10.2 Å². The van der Waals surface area contributed by atoms with Gasteiger partial charge < -0.3 is 20.1 Å². The van der Waals surface area contributed by atoms with Crippen LogP contribution in [0.1, 0.15) is 6.92 Å². The van der Waals surface area contributed by atoms with Crippen LogP contribution in [0, 0.1) is 6.08 Å². The Morgan fingerprint density at radius 3 is 2.26 bits per heavy atom. The summed E-state index contributed by atoms with van der Waals surface area (Å²) in [5, 5.41) is 21.4. The fourth-order valence-corrected chi connectivity index (χ4v) is 5.73. The molecule has 46 heavy (non-hydrogen) atoms. The van der Waals surface area contributed by atoms with E-state index in [1.54, 1.807) is 17.0 Å². The predicted molar refractivity (Wildman–Crippen MR) is 165 cm³/mol. The molecule has 238 valence electrons. The van der Waals surface area contributed by atoms with Crippen LogP contribution in [-0.4, -0.2) is 59.7 Å². The highest BCUT2D eigenvalue weighted by Crippen LogP contribution is 2.43. The lowest BCUT2D eigenvalue weighted by Gasteiger charge is -2.21. The zero-order valence-electron chi connectivity index (χ0n) is 23.9. The van der Waals surface area contributed by atoms with E-state index in [1.807, 2.05) is 25.1 Å². The van der Waals surface area contributed by atoms with Crippen molar-refractivity contribution in [3.63, 3.8) is 0 Å². The second-order valence-electron chi connectivity index (χ2n) is 9.42. The third kappa shape index (κ3) is 6.84. The van der Waals surface area contributed by atoms with Crippen molar-refractivity contribution in [1.82, 2.24) is 15.0 Å². The van der Waals surface area contributed by atoms with Crippen LogP contribution in [0.15, 0.2) is 92.8 Å². The third-order valence-electron chi connectivity index (χ3n) is 6.51. The maximum absolute atomic E-state index is 14.5. The van der Waals surface area contributed by atoms with Crippen molar-refractivity contribution in [1.29, 1.82) is 0 Å². The van der Waals surface area contributed by atoms with E-state index in [9.17, 15) is 35.4 Å². The van der Waals surface area contributed by atoms with E-state index in [-0.39, 0.29) is 34.1 Å². The Balaban J connectivity index is 1.55. The lowest BCUT2D eigenvalue weighted by Crippen LogP contribution is -2.20. The van der Waals surface area contributed by atoms with Crippen molar-refractivity contribution >= 4 is 65.7 Å². The predicted octanol–water partition coefficient (Wildman–Crippen LogP) is 5.69. The van der Waals surface area contributed by atoms with Crippen molar-refractivity contribution in [2.24, 2.45) is 10.2 Å². The first-order chi connectivity index (χ1) is 21.8. The number of phenolic OH excluding ortho intramolecular Hbond substituents is 1. The van der Waals surface area contributed by atoms with Gasteiger partial charge in [0, 0.05) is 29.4 Å². The first-order valence-electron chi connectivity index (χ1n) is 13.1. The summed E-state index contributed by atoms with van der Waals surface area (Å²) < 4.78 is 87.4. The van der Waals surface area contributed by atoms with E-state index < -0.39 is 53.2 Å². The summed E-state index contributed by atoms with van der Waals surface area (Å²) in [5.74, 6) is -0.801. The molecule has 0 radical (unpaired) electrons. The van der Waals surface area contributed by atoms with Gasteiger partial charge in [-0.2, -0.15) is 36.2 Å². The Morgan fingerprint density at radius 2 is 1.61 bits per heavy atom. The third-order valence-corrected chi connectivity index (χ3v) is 8.26. The highest BCUT2D eigenvalue weighted by molar-refractivity contribution is 7.86. The Morgan fingerprint density at radius 1 is 0.891 bits per heavy atom. The van der Waals surface area contributed by atoms with Gasteiger partial charge in [-0.25, -0.2) is 0 Å². The summed E-state index contributed by atoms with van der Waals surface area (Å²) in [4.78, 5) is 11.9. The largest absolute Gasteiger partial charge is 0.505 e. The smallest absolute Gasteiger partial charge is 0.315 e. The van der Waals surface area contributed by atoms with Crippen molar-refractivity contribution in [3.8, 4) is 11.5 Å². The number of nitrogens with zero attached hydrogens (tertiary/aromatic N) is 6. The van der Waals surface area contributed by atoms with Crippen molar-refractivity contribution in [2.45, 2.75) is 16.7 Å². The van der Waals surface area contributed by atoms with Crippen LogP contribution in [0.5, 0.6) is 11.5 Å². The van der Waals surface area contributed by atoms with E-state index in [4.69, 9.17) is 4.74 Å². The summed E-state index contributed by atoms with van der Waals surface area (Å²) in [6, 6.07) is 17.7. The number of para-hydroxylation sites is 1. The average Bonchev–Trinajstić information content (AvgIpc) is 3.00. The maximum Gasteiger partial charge on any atom is 0.315 e. The number of halogens is 1. The van der Waals surface area contributed by atoms with Crippen LogP contribution in [0.25, 0.3) is 10.8 Å². The number of phenols is 1. The standard InChI is InChI=1S/C28H24FN7O8S2/c1-3-36(18-7-5-4-6-8-18)28-32-26(29)31-27(33-28)30-17-9-11-20-16(13-17)14-23(46(41,42)43)24(25(20)37)35-34-21-12-10-19(44-2)15-22(21)45(38,39)40/h4-15,37H,3H2,1-2H3,(H,38,39,40)(H,41,42,43)(H,30,31,32,33). The molecule has 15 nitrogen and oxygen atoms in total. The number of rotatable bonds is 10. The summed E-state index contributed by atoms with van der Waals surface area (Å²) in [6.07, 6.45) is -1.06. The molecule has 0 aliphatic heterocycles. The number of benzene rings is 4. The number of methoxy groups -OCH3 is 1. The number of azo groups is 1. The number of nitrogens with one attached hydrogen (secondary N) is 1. The number of hydrogen-bond acceptors (Lipinski definition) is 13. The quantitative estimate of drug-likeness (QED) is 0.104. The van der Waals surface area contributed by atoms with E-state index in [2.05, 4.69) is 30.5 Å².